The van der Waals surface area contributed by atoms with Gasteiger partial charge in [0.15, 0.2) is 0 Å². The van der Waals surface area contributed by atoms with E-state index in [1.165, 1.54) is 4.90 Å². The van der Waals surface area contributed by atoms with Gasteiger partial charge >= 0.3 is 5.97 Å². The van der Waals surface area contributed by atoms with Crippen molar-refractivity contribution in [3.8, 4) is 0 Å². The topological polar surface area (TPSA) is 66.9 Å². The fourth-order valence-electron chi connectivity index (χ4n) is 3.93. The summed E-state index contributed by atoms with van der Waals surface area (Å²) in [5, 5.41) is 0. The van der Waals surface area contributed by atoms with Gasteiger partial charge in [0.05, 0.1) is 17.7 Å². The van der Waals surface area contributed by atoms with Crippen molar-refractivity contribution in [3.63, 3.8) is 0 Å². The molecule has 1 fully saturated rings. The minimum Gasteiger partial charge on any atom is -0.465 e. The standard InChI is InChI=1S/C21H28N2O4/c1-15(2)18(22-11-5-6-12-22)21(26)27-14-8-7-13-23-19(24)16-9-3-4-10-17(16)20(23)25/h3-4,9-10,15,18H,5-8,11-14H2,1-2H3/t18-/m0/s1. The zero-order valence-electron chi connectivity index (χ0n) is 16.1. The Hall–Kier alpha value is -2.21. The van der Waals surface area contributed by atoms with Gasteiger partial charge < -0.3 is 4.74 Å². The summed E-state index contributed by atoms with van der Waals surface area (Å²) in [6, 6.07) is 6.71. The molecule has 0 aromatic heterocycles. The zero-order valence-corrected chi connectivity index (χ0v) is 16.1. The van der Waals surface area contributed by atoms with Crippen LogP contribution in [0.2, 0.25) is 0 Å². The molecule has 3 rings (SSSR count). The molecule has 0 radical (unpaired) electrons. The molecule has 0 N–H and O–H groups in total. The number of carbonyl (C=O) groups excluding carboxylic acids is 3. The van der Waals surface area contributed by atoms with Gasteiger partial charge in [-0.15, -0.1) is 0 Å². The SMILES string of the molecule is CC(C)[C@@H](C(=O)OCCCCN1C(=O)c2ccccc2C1=O)N1CCCC1. The lowest BCUT2D eigenvalue weighted by molar-refractivity contribution is -0.151. The Kier molecular flexibility index (Phi) is 6.26. The Bertz CT molecular complexity index is 675. The summed E-state index contributed by atoms with van der Waals surface area (Å²) in [4.78, 5) is 40.6. The van der Waals surface area contributed by atoms with E-state index in [2.05, 4.69) is 4.90 Å². The third-order valence-corrected chi connectivity index (χ3v) is 5.31. The number of carbonyl (C=O) groups is 3. The van der Waals surface area contributed by atoms with Crippen molar-refractivity contribution < 1.29 is 19.1 Å². The number of hydrogen-bond acceptors (Lipinski definition) is 5. The third kappa shape index (κ3) is 4.21. The lowest BCUT2D eigenvalue weighted by atomic mass is 10.0. The first kappa shape index (κ1) is 19.5. The van der Waals surface area contributed by atoms with E-state index in [1.807, 2.05) is 13.8 Å². The first-order valence-electron chi connectivity index (χ1n) is 9.86. The molecule has 146 valence electrons. The molecule has 27 heavy (non-hydrogen) atoms. The maximum Gasteiger partial charge on any atom is 0.323 e. The number of amides is 2. The summed E-state index contributed by atoms with van der Waals surface area (Å²) in [5.74, 6) is -0.412. The Labute approximate surface area is 160 Å². The number of hydrogen-bond donors (Lipinski definition) is 0. The monoisotopic (exact) mass is 372 g/mol. The molecule has 1 aromatic rings. The number of imide groups is 1. The van der Waals surface area contributed by atoms with E-state index in [-0.39, 0.29) is 29.7 Å². The maximum atomic E-state index is 12.5. The number of likely N-dealkylation sites (tertiary alicyclic amines) is 1. The van der Waals surface area contributed by atoms with Crippen molar-refractivity contribution in [2.45, 2.75) is 45.6 Å². The van der Waals surface area contributed by atoms with Crippen molar-refractivity contribution in [3.05, 3.63) is 35.4 Å². The highest BCUT2D eigenvalue weighted by Crippen LogP contribution is 2.23. The fourth-order valence-corrected chi connectivity index (χ4v) is 3.93. The number of nitrogens with zero attached hydrogens (tertiary/aromatic N) is 2. The average molecular weight is 372 g/mol. The van der Waals surface area contributed by atoms with Crippen molar-refractivity contribution in [1.29, 1.82) is 0 Å². The van der Waals surface area contributed by atoms with Gasteiger partial charge in [0.1, 0.15) is 6.04 Å². The lowest BCUT2D eigenvalue weighted by Crippen LogP contribution is -2.44. The molecule has 2 heterocycles. The van der Waals surface area contributed by atoms with Crippen molar-refractivity contribution in [2.75, 3.05) is 26.2 Å². The molecule has 6 nitrogen and oxygen atoms in total. The molecule has 0 aliphatic carbocycles. The van der Waals surface area contributed by atoms with Crippen LogP contribution in [0.1, 0.15) is 60.2 Å². The van der Waals surface area contributed by atoms with Crippen LogP contribution >= 0.6 is 0 Å². The summed E-state index contributed by atoms with van der Waals surface area (Å²) >= 11 is 0. The van der Waals surface area contributed by atoms with Gasteiger partial charge in [-0.3, -0.25) is 24.2 Å². The molecular formula is C21H28N2O4. The van der Waals surface area contributed by atoms with Gasteiger partial charge in [0.25, 0.3) is 11.8 Å². The summed E-state index contributed by atoms with van der Waals surface area (Å²) < 4.78 is 5.49. The summed E-state index contributed by atoms with van der Waals surface area (Å²) in [5.41, 5.74) is 0.943. The smallest absolute Gasteiger partial charge is 0.323 e. The van der Waals surface area contributed by atoms with Crippen LogP contribution in [0.4, 0.5) is 0 Å². The van der Waals surface area contributed by atoms with Crippen LogP contribution in [-0.4, -0.2) is 59.9 Å². The quantitative estimate of drug-likeness (QED) is 0.399. The van der Waals surface area contributed by atoms with E-state index < -0.39 is 0 Å². The first-order valence-corrected chi connectivity index (χ1v) is 9.86. The number of fused-ring (bicyclic) bond motifs is 1. The molecule has 0 spiro atoms. The van der Waals surface area contributed by atoms with Gasteiger partial charge in [0, 0.05) is 6.54 Å². The molecular weight excluding hydrogens is 344 g/mol. The second kappa shape index (κ2) is 8.65. The first-order chi connectivity index (χ1) is 13.0. The molecule has 0 bridgehead atoms. The number of esters is 1. The highest BCUT2D eigenvalue weighted by molar-refractivity contribution is 6.21. The predicted octanol–water partition coefficient (Wildman–Crippen LogP) is 2.73. The molecule has 1 aromatic carbocycles. The van der Waals surface area contributed by atoms with E-state index in [0.29, 0.717) is 37.1 Å². The number of ether oxygens (including phenoxy) is 1. The largest absolute Gasteiger partial charge is 0.465 e. The summed E-state index contributed by atoms with van der Waals surface area (Å²) in [6.07, 6.45) is 3.52. The zero-order chi connectivity index (χ0) is 19.4. The van der Waals surface area contributed by atoms with Gasteiger partial charge in [-0.1, -0.05) is 26.0 Å². The molecule has 0 saturated carbocycles. The number of benzene rings is 1. The van der Waals surface area contributed by atoms with Crippen LogP contribution in [-0.2, 0) is 9.53 Å². The average Bonchev–Trinajstić information content (AvgIpc) is 3.24. The number of unbranched alkanes of at least 4 members (excludes halogenated alkanes) is 1. The van der Waals surface area contributed by atoms with Crippen molar-refractivity contribution in [1.82, 2.24) is 9.80 Å². The minimum atomic E-state index is -0.235. The summed E-state index contributed by atoms with van der Waals surface area (Å²) in [6.45, 7) is 6.68. The van der Waals surface area contributed by atoms with Crippen LogP contribution in [0, 0.1) is 5.92 Å². The second-order valence-corrected chi connectivity index (χ2v) is 7.61. The van der Waals surface area contributed by atoms with Crippen molar-refractivity contribution in [2.24, 2.45) is 5.92 Å². The van der Waals surface area contributed by atoms with Crippen LogP contribution in [0.15, 0.2) is 24.3 Å². The van der Waals surface area contributed by atoms with Crippen LogP contribution in [0.25, 0.3) is 0 Å². The Morgan fingerprint density at radius 1 is 1.04 bits per heavy atom. The van der Waals surface area contributed by atoms with Crippen LogP contribution < -0.4 is 0 Å². The Morgan fingerprint density at radius 2 is 1.63 bits per heavy atom. The fraction of sp³-hybridized carbons (Fsp3) is 0.571. The van der Waals surface area contributed by atoms with E-state index in [9.17, 15) is 14.4 Å². The molecule has 2 amide bonds. The minimum absolute atomic E-state index is 0.160. The molecule has 2 aliphatic rings. The molecule has 1 saturated heterocycles. The number of rotatable bonds is 8. The Balaban J connectivity index is 1.42. The van der Waals surface area contributed by atoms with Gasteiger partial charge in [-0.2, -0.15) is 0 Å². The van der Waals surface area contributed by atoms with Gasteiger partial charge in [0.2, 0.25) is 0 Å². The van der Waals surface area contributed by atoms with E-state index in [0.717, 1.165) is 25.9 Å². The lowest BCUT2D eigenvalue weighted by Gasteiger charge is -2.28. The van der Waals surface area contributed by atoms with E-state index in [1.54, 1.807) is 24.3 Å². The molecule has 1 atom stereocenters. The van der Waals surface area contributed by atoms with Gasteiger partial charge in [-0.25, -0.2) is 0 Å². The molecule has 0 unspecified atom stereocenters. The highest BCUT2D eigenvalue weighted by Gasteiger charge is 2.35. The normalized spacial score (nSPS) is 18.3. The summed E-state index contributed by atoms with van der Waals surface area (Å²) in [7, 11) is 0. The van der Waals surface area contributed by atoms with Gasteiger partial charge in [-0.05, 0) is 56.8 Å². The maximum absolute atomic E-state index is 12.5. The second-order valence-electron chi connectivity index (χ2n) is 7.61. The molecule has 6 heteroatoms. The predicted molar refractivity (Wildman–Crippen MR) is 101 cm³/mol. The van der Waals surface area contributed by atoms with E-state index >= 15 is 0 Å². The van der Waals surface area contributed by atoms with Crippen molar-refractivity contribution >= 4 is 17.8 Å². The highest BCUT2D eigenvalue weighted by atomic mass is 16.5. The van der Waals surface area contributed by atoms with Crippen LogP contribution in [0.3, 0.4) is 0 Å². The van der Waals surface area contributed by atoms with E-state index in [4.69, 9.17) is 4.74 Å². The molecule has 2 aliphatic heterocycles. The van der Waals surface area contributed by atoms with Crippen LogP contribution in [0.5, 0.6) is 0 Å². The Morgan fingerprint density at radius 3 is 2.19 bits per heavy atom. The third-order valence-electron chi connectivity index (χ3n) is 5.31.